The third-order valence-electron chi connectivity index (χ3n) is 4.93. The average molecular weight is 430 g/mol. The largest absolute Gasteiger partial charge is 0.325 e. The van der Waals surface area contributed by atoms with Crippen LogP contribution in [0.2, 0.25) is 0 Å². The third kappa shape index (κ3) is 4.83. The Bertz CT molecular complexity index is 1190. The lowest BCUT2D eigenvalue weighted by molar-refractivity contribution is -0.115. The Balaban J connectivity index is 1.66. The van der Waals surface area contributed by atoms with Gasteiger partial charge in [0.2, 0.25) is 11.1 Å². The summed E-state index contributed by atoms with van der Waals surface area (Å²) in [5.74, 6) is -0.122. The van der Waals surface area contributed by atoms with E-state index < -0.39 is 5.25 Å². The predicted molar refractivity (Wildman–Crippen MR) is 123 cm³/mol. The number of rotatable bonds is 6. The molecule has 1 amide bonds. The normalized spacial score (nSPS) is 11.8. The monoisotopic (exact) mass is 429 g/mol. The number of tetrazole rings is 1. The van der Waals surface area contributed by atoms with Gasteiger partial charge in [0.05, 0.1) is 5.69 Å². The highest BCUT2D eigenvalue weighted by atomic mass is 32.2. The first-order valence-corrected chi connectivity index (χ1v) is 10.8. The fourth-order valence-corrected chi connectivity index (χ4v) is 4.17. The van der Waals surface area contributed by atoms with Gasteiger partial charge in [-0.1, -0.05) is 71.9 Å². The van der Waals surface area contributed by atoms with E-state index in [4.69, 9.17) is 0 Å². The summed E-state index contributed by atoms with van der Waals surface area (Å²) in [7, 11) is 0. The summed E-state index contributed by atoms with van der Waals surface area (Å²) in [6.07, 6.45) is 0. The molecule has 156 valence electrons. The second-order valence-corrected chi connectivity index (χ2v) is 8.50. The Morgan fingerprint density at radius 3 is 2.39 bits per heavy atom. The van der Waals surface area contributed by atoms with Crippen molar-refractivity contribution in [3.8, 4) is 5.69 Å². The van der Waals surface area contributed by atoms with E-state index in [1.54, 1.807) is 4.68 Å². The predicted octanol–water partition coefficient (Wildman–Crippen LogP) is 5.06. The highest BCUT2D eigenvalue weighted by Crippen LogP contribution is 2.36. The molecule has 31 heavy (non-hydrogen) atoms. The van der Waals surface area contributed by atoms with Gasteiger partial charge in [0, 0.05) is 5.69 Å². The van der Waals surface area contributed by atoms with Crippen LogP contribution >= 0.6 is 11.8 Å². The van der Waals surface area contributed by atoms with Gasteiger partial charge in [-0.15, -0.1) is 5.10 Å². The van der Waals surface area contributed by atoms with Crippen molar-refractivity contribution in [3.63, 3.8) is 0 Å². The zero-order valence-electron chi connectivity index (χ0n) is 17.6. The molecule has 4 aromatic rings. The van der Waals surface area contributed by atoms with E-state index in [0.717, 1.165) is 33.6 Å². The fraction of sp³-hybridized carbons (Fsp3) is 0.167. The van der Waals surface area contributed by atoms with Gasteiger partial charge in [0.1, 0.15) is 5.25 Å². The quantitative estimate of drug-likeness (QED) is 0.434. The maximum absolute atomic E-state index is 13.4. The number of anilines is 1. The molecule has 1 unspecified atom stereocenters. The minimum absolute atomic E-state index is 0.122. The first-order chi connectivity index (χ1) is 15.0. The van der Waals surface area contributed by atoms with Gasteiger partial charge < -0.3 is 5.32 Å². The van der Waals surface area contributed by atoms with Crippen LogP contribution in [0, 0.1) is 20.8 Å². The SMILES string of the molecule is Cc1ccc(-n2nnnc2SC(C(=O)Nc2cc(C)ccc2C)c2ccccc2)cc1. The van der Waals surface area contributed by atoms with Crippen LogP contribution in [0.15, 0.2) is 78.0 Å². The van der Waals surface area contributed by atoms with Crippen LogP contribution < -0.4 is 5.32 Å². The van der Waals surface area contributed by atoms with Crippen LogP contribution in [0.5, 0.6) is 0 Å². The van der Waals surface area contributed by atoms with Crippen molar-refractivity contribution in [1.29, 1.82) is 0 Å². The molecule has 1 aromatic heterocycles. The molecule has 7 heteroatoms. The van der Waals surface area contributed by atoms with Crippen molar-refractivity contribution in [3.05, 3.63) is 95.1 Å². The van der Waals surface area contributed by atoms with E-state index >= 15 is 0 Å². The Morgan fingerprint density at radius 1 is 0.935 bits per heavy atom. The molecule has 3 aromatic carbocycles. The van der Waals surface area contributed by atoms with Crippen molar-refractivity contribution in [2.75, 3.05) is 5.32 Å². The Morgan fingerprint density at radius 2 is 1.65 bits per heavy atom. The minimum atomic E-state index is -0.517. The zero-order chi connectivity index (χ0) is 21.8. The number of carbonyl (C=O) groups excluding carboxylic acids is 1. The lowest BCUT2D eigenvalue weighted by Crippen LogP contribution is -2.20. The molecule has 0 bridgehead atoms. The Kier molecular flexibility index (Phi) is 6.13. The van der Waals surface area contributed by atoms with Crippen molar-refractivity contribution in [2.45, 2.75) is 31.2 Å². The molecule has 1 N–H and O–H groups in total. The number of nitrogens with zero attached hydrogens (tertiary/aromatic N) is 4. The van der Waals surface area contributed by atoms with Crippen LogP contribution in [-0.2, 0) is 4.79 Å². The molecule has 0 saturated heterocycles. The molecule has 0 fully saturated rings. The molecular weight excluding hydrogens is 406 g/mol. The number of hydrogen-bond acceptors (Lipinski definition) is 5. The number of carbonyl (C=O) groups is 1. The van der Waals surface area contributed by atoms with Crippen molar-refractivity contribution < 1.29 is 4.79 Å². The highest BCUT2D eigenvalue weighted by Gasteiger charge is 2.26. The van der Waals surface area contributed by atoms with E-state index in [2.05, 4.69) is 20.8 Å². The van der Waals surface area contributed by atoms with Gasteiger partial charge in [0.25, 0.3) is 0 Å². The first kappa shape index (κ1) is 20.8. The Hall–Kier alpha value is -3.45. The number of hydrogen-bond donors (Lipinski definition) is 1. The maximum Gasteiger partial charge on any atom is 0.242 e. The summed E-state index contributed by atoms with van der Waals surface area (Å²) >= 11 is 1.33. The van der Waals surface area contributed by atoms with Crippen LogP contribution in [0.3, 0.4) is 0 Å². The zero-order valence-corrected chi connectivity index (χ0v) is 18.4. The number of amides is 1. The third-order valence-corrected chi connectivity index (χ3v) is 6.12. The molecule has 0 radical (unpaired) electrons. The standard InChI is InChI=1S/C24H23N5OS/c1-16-10-13-20(14-11-16)29-24(26-27-28-29)31-22(19-7-5-4-6-8-19)23(30)25-21-15-17(2)9-12-18(21)3/h4-15,22H,1-3H3,(H,25,30). The molecule has 6 nitrogen and oxygen atoms in total. The van der Waals surface area contributed by atoms with Crippen molar-refractivity contribution >= 4 is 23.4 Å². The van der Waals surface area contributed by atoms with Gasteiger partial charge in [-0.25, -0.2) is 0 Å². The lowest BCUT2D eigenvalue weighted by Gasteiger charge is -2.18. The smallest absolute Gasteiger partial charge is 0.242 e. The van der Waals surface area contributed by atoms with Crippen LogP contribution in [-0.4, -0.2) is 26.1 Å². The van der Waals surface area contributed by atoms with Gasteiger partial charge in [-0.05, 0) is 66.1 Å². The van der Waals surface area contributed by atoms with Crippen LogP contribution in [0.25, 0.3) is 5.69 Å². The number of thioether (sulfide) groups is 1. The van der Waals surface area contributed by atoms with Gasteiger partial charge >= 0.3 is 0 Å². The molecule has 0 aliphatic rings. The van der Waals surface area contributed by atoms with E-state index in [0.29, 0.717) is 5.16 Å². The molecule has 1 atom stereocenters. The number of benzene rings is 3. The minimum Gasteiger partial charge on any atom is -0.325 e. The van der Waals surface area contributed by atoms with Crippen molar-refractivity contribution in [1.82, 2.24) is 20.2 Å². The highest BCUT2D eigenvalue weighted by molar-refractivity contribution is 8.00. The van der Waals surface area contributed by atoms with Gasteiger partial charge in [-0.3, -0.25) is 4.79 Å². The number of nitrogens with one attached hydrogen (secondary N) is 1. The van der Waals surface area contributed by atoms with E-state index in [1.165, 1.54) is 11.8 Å². The lowest BCUT2D eigenvalue weighted by atomic mass is 10.1. The first-order valence-electron chi connectivity index (χ1n) is 9.96. The van der Waals surface area contributed by atoms with E-state index in [-0.39, 0.29) is 5.91 Å². The average Bonchev–Trinajstić information content (AvgIpc) is 3.24. The summed E-state index contributed by atoms with van der Waals surface area (Å²) < 4.78 is 1.66. The molecule has 1 heterocycles. The molecule has 0 saturated carbocycles. The van der Waals surface area contributed by atoms with Crippen LogP contribution in [0.1, 0.15) is 27.5 Å². The molecular formula is C24H23N5OS. The molecule has 0 aliphatic heterocycles. The molecule has 0 aliphatic carbocycles. The summed E-state index contributed by atoms with van der Waals surface area (Å²) in [5, 5.41) is 15.3. The summed E-state index contributed by atoms with van der Waals surface area (Å²) in [5.41, 5.74) is 5.80. The fourth-order valence-electron chi connectivity index (χ4n) is 3.18. The van der Waals surface area contributed by atoms with Crippen molar-refractivity contribution in [2.24, 2.45) is 0 Å². The Labute approximate surface area is 185 Å². The number of aryl methyl sites for hydroxylation is 3. The molecule has 0 spiro atoms. The summed E-state index contributed by atoms with van der Waals surface area (Å²) in [6.45, 7) is 6.02. The van der Waals surface area contributed by atoms with E-state index in [9.17, 15) is 4.79 Å². The van der Waals surface area contributed by atoms with E-state index in [1.807, 2.05) is 93.6 Å². The summed E-state index contributed by atoms with van der Waals surface area (Å²) in [4.78, 5) is 13.4. The second-order valence-electron chi connectivity index (χ2n) is 7.43. The van der Waals surface area contributed by atoms with Crippen LogP contribution in [0.4, 0.5) is 5.69 Å². The topological polar surface area (TPSA) is 72.7 Å². The van der Waals surface area contributed by atoms with Gasteiger partial charge in [0.15, 0.2) is 0 Å². The summed E-state index contributed by atoms with van der Waals surface area (Å²) in [6, 6.07) is 23.6. The second kappa shape index (κ2) is 9.14. The van der Waals surface area contributed by atoms with Gasteiger partial charge in [-0.2, -0.15) is 4.68 Å². The molecule has 4 rings (SSSR count). The number of aromatic nitrogens is 4. The maximum atomic E-state index is 13.4.